The van der Waals surface area contributed by atoms with Gasteiger partial charge in [0, 0.05) is 5.41 Å². The van der Waals surface area contributed by atoms with Gasteiger partial charge in [-0.2, -0.15) is 0 Å². The molecule has 3 saturated carbocycles. The van der Waals surface area contributed by atoms with Crippen LogP contribution in [0.15, 0.2) is 23.8 Å². The van der Waals surface area contributed by atoms with Gasteiger partial charge >= 0.3 is 0 Å². The number of aliphatic hydroxyl groups excluding tert-OH is 1. The highest BCUT2D eigenvalue weighted by molar-refractivity contribution is 5.35. The lowest BCUT2D eigenvalue weighted by atomic mass is 9.44. The molecule has 0 amide bonds. The van der Waals surface area contributed by atoms with Gasteiger partial charge in [0.1, 0.15) is 5.60 Å². The van der Waals surface area contributed by atoms with Crippen molar-refractivity contribution < 1.29 is 10.2 Å². The quantitative estimate of drug-likeness (QED) is 0.554. The maximum Gasteiger partial charge on any atom is 0.131 e. The summed E-state index contributed by atoms with van der Waals surface area (Å²) in [6.07, 6.45) is 15.4. The Hall–Kier alpha value is -1.04. The molecule has 1 unspecified atom stereocenters. The molecule has 4 aliphatic carbocycles. The minimum Gasteiger partial charge on any atom is -0.389 e. The smallest absolute Gasteiger partial charge is 0.131 e. The summed E-state index contributed by atoms with van der Waals surface area (Å²) in [5.74, 6) is 4.34. The average molecular weight is 341 g/mol. The topological polar surface area (TPSA) is 40.5 Å². The van der Waals surface area contributed by atoms with E-state index in [0.29, 0.717) is 17.8 Å². The first-order valence-corrected chi connectivity index (χ1v) is 10.1. The minimum absolute atomic E-state index is 0.135. The molecule has 3 fully saturated rings. The Balaban J connectivity index is 1.78. The van der Waals surface area contributed by atoms with Crippen molar-refractivity contribution in [3.05, 3.63) is 23.8 Å². The molecule has 2 N–H and O–H groups in total. The van der Waals surface area contributed by atoms with E-state index in [1.165, 1.54) is 11.1 Å². The summed E-state index contributed by atoms with van der Waals surface area (Å²) in [6.45, 7) is 9.13. The Bertz CT molecular complexity index is 670. The zero-order valence-electron chi connectivity index (χ0n) is 15.7. The first-order valence-electron chi connectivity index (χ1n) is 10.1. The van der Waals surface area contributed by atoms with Crippen molar-refractivity contribution in [2.75, 3.05) is 0 Å². The van der Waals surface area contributed by atoms with Crippen LogP contribution in [-0.2, 0) is 0 Å². The summed E-state index contributed by atoms with van der Waals surface area (Å²) < 4.78 is 0. The molecule has 4 aliphatic rings. The zero-order valence-corrected chi connectivity index (χ0v) is 15.7. The molecule has 0 aromatic carbocycles. The van der Waals surface area contributed by atoms with Crippen LogP contribution >= 0.6 is 0 Å². The van der Waals surface area contributed by atoms with E-state index in [-0.39, 0.29) is 16.9 Å². The predicted octanol–water partition coefficient (Wildman–Crippen LogP) is 4.23. The van der Waals surface area contributed by atoms with E-state index in [0.717, 1.165) is 51.4 Å². The van der Waals surface area contributed by atoms with Crippen LogP contribution in [0.4, 0.5) is 0 Å². The molecule has 2 heteroatoms. The number of rotatable bonds is 1. The molecule has 136 valence electrons. The molecule has 2 nitrogen and oxygen atoms in total. The summed E-state index contributed by atoms with van der Waals surface area (Å²) in [7, 11) is 0. The van der Waals surface area contributed by atoms with E-state index in [4.69, 9.17) is 6.42 Å². The number of allylic oxidation sites excluding steroid dienone is 2. The van der Waals surface area contributed by atoms with Gasteiger partial charge in [-0.05, 0) is 74.5 Å². The van der Waals surface area contributed by atoms with Crippen molar-refractivity contribution in [3.8, 4) is 12.3 Å². The molecule has 0 heterocycles. The van der Waals surface area contributed by atoms with Crippen molar-refractivity contribution in [3.63, 3.8) is 0 Å². The largest absolute Gasteiger partial charge is 0.389 e. The Kier molecular flexibility index (Phi) is 3.81. The summed E-state index contributed by atoms with van der Waals surface area (Å²) in [5, 5.41) is 21.4. The fourth-order valence-electron chi connectivity index (χ4n) is 7.49. The third-order valence-electron chi connectivity index (χ3n) is 8.67. The summed E-state index contributed by atoms with van der Waals surface area (Å²) in [6, 6.07) is 0. The fourth-order valence-corrected chi connectivity index (χ4v) is 7.49. The number of terminal acetylenes is 1. The second-order valence-electron chi connectivity index (χ2n) is 9.39. The van der Waals surface area contributed by atoms with Gasteiger partial charge in [-0.15, -0.1) is 6.42 Å². The monoisotopic (exact) mass is 340 g/mol. The zero-order chi connectivity index (χ0) is 18.0. The van der Waals surface area contributed by atoms with Crippen molar-refractivity contribution in [2.45, 2.75) is 76.9 Å². The predicted molar refractivity (Wildman–Crippen MR) is 101 cm³/mol. The van der Waals surface area contributed by atoms with Gasteiger partial charge < -0.3 is 10.2 Å². The molecule has 0 radical (unpaired) electrons. The standard InChI is InChI=1S/C23H32O2/c1-5-22-14-15(3)20-18(19(22)10-12-23(22,25)6-2)8-7-16-13-17(24)9-11-21(16,20)4/h2,13,17-20,24-25H,3,5,7-12,14H2,1,4H3/t17-,18-,19-,20?,21-,22-,23-/m0/s1. The van der Waals surface area contributed by atoms with E-state index in [1.54, 1.807) is 0 Å². The molecule has 0 spiro atoms. The third kappa shape index (κ3) is 2.06. The lowest BCUT2D eigenvalue weighted by Gasteiger charge is -2.60. The van der Waals surface area contributed by atoms with Crippen molar-refractivity contribution in [1.29, 1.82) is 0 Å². The Labute approximate surface area is 152 Å². The average Bonchev–Trinajstić information content (AvgIpc) is 2.89. The molecule has 0 aliphatic heterocycles. The van der Waals surface area contributed by atoms with Gasteiger partial charge in [0.25, 0.3) is 0 Å². The SMILES string of the molecule is C#C[C@]1(O)CC[C@H]2[C@@H]3CCC4=C[C@@H](O)CC[C@]4(C)C3C(=C)C[C@@]21CC. The third-order valence-corrected chi connectivity index (χ3v) is 8.67. The molecule has 25 heavy (non-hydrogen) atoms. The van der Waals surface area contributed by atoms with Crippen molar-refractivity contribution >= 4 is 0 Å². The van der Waals surface area contributed by atoms with Gasteiger partial charge in [0.05, 0.1) is 6.10 Å². The second kappa shape index (κ2) is 5.48. The number of hydrogen-bond donors (Lipinski definition) is 2. The molecule has 4 rings (SSSR count). The van der Waals surface area contributed by atoms with E-state index < -0.39 is 5.60 Å². The Morgan fingerprint density at radius 2 is 2.08 bits per heavy atom. The molecular weight excluding hydrogens is 308 g/mol. The number of hydrogen-bond acceptors (Lipinski definition) is 2. The molecule has 7 atom stereocenters. The van der Waals surface area contributed by atoms with Crippen LogP contribution in [-0.4, -0.2) is 21.9 Å². The molecule has 0 saturated heterocycles. The fraction of sp³-hybridized carbons (Fsp3) is 0.739. The van der Waals surface area contributed by atoms with E-state index >= 15 is 0 Å². The highest BCUT2D eigenvalue weighted by Gasteiger charge is 2.65. The molecule has 0 bridgehead atoms. The summed E-state index contributed by atoms with van der Waals surface area (Å²) in [4.78, 5) is 0. The normalized spacial score (nSPS) is 51.8. The second-order valence-corrected chi connectivity index (χ2v) is 9.39. The maximum atomic E-state index is 11.3. The van der Waals surface area contributed by atoms with Crippen LogP contribution < -0.4 is 0 Å². The van der Waals surface area contributed by atoms with Crippen LogP contribution in [0.2, 0.25) is 0 Å². The van der Waals surface area contributed by atoms with Crippen LogP contribution in [0, 0.1) is 40.9 Å². The Morgan fingerprint density at radius 3 is 2.76 bits per heavy atom. The lowest BCUT2D eigenvalue weighted by Crippen LogP contribution is -2.56. The van der Waals surface area contributed by atoms with Gasteiger partial charge in [0.15, 0.2) is 0 Å². The first-order chi connectivity index (χ1) is 11.8. The van der Waals surface area contributed by atoms with Gasteiger partial charge in [0.2, 0.25) is 0 Å². The molecular formula is C23H32O2. The van der Waals surface area contributed by atoms with Gasteiger partial charge in [-0.25, -0.2) is 0 Å². The first kappa shape index (κ1) is 17.4. The van der Waals surface area contributed by atoms with Crippen LogP contribution in [0.25, 0.3) is 0 Å². The van der Waals surface area contributed by atoms with Gasteiger partial charge in [-0.1, -0.05) is 43.6 Å². The van der Waals surface area contributed by atoms with Crippen LogP contribution in [0.5, 0.6) is 0 Å². The highest BCUT2D eigenvalue weighted by Crippen LogP contribution is 2.69. The van der Waals surface area contributed by atoms with E-state index in [9.17, 15) is 10.2 Å². The van der Waals surface area contributed by atoms with Crippen molar-refractivity contribution in [2.24, 2.45) is 28.6 Å². The summed E-state index contributed by atoms with van der Waals surface area (Å²) in [5.41, 5.74) is 1.72. The minimum atomic E-state index is -0.972. The van der Waals surface area contributed by atoms with Crippen LogP contribution in [0.1, 0.15) is 65.2 Å². The lowest BCUT2D eigenvalue weighted by molar-refractivity contribution is -0.0897. The maximum absolute atomic E-state index is 11.3. The van der Waals surface area contributed by atoms with Gasteiger partial charge in [-0.3, -0.25) is 0 Å². The molecule has 0 aromatic heterocycles. The van der Waals surface area contributed by atoms with E-state index in [1.807, 2.05) is 0 Å². The van der Waals surface area contributed by atoms with E-state index in [2.05, 4.69) is 32.4 Å². The van der Waals surface area contributed by atoms with Crippen LogP contribution in [0.3, 0.4) is 0 Å². The summed E-state index contributed by atoms with van der Waals surface area (Å²) >= 11 is 0. The molecule has 0 aromatic rings. The number of aliphatic hydroxyl groups is 2. The highest BCUT2D eigenvalue weighted by atomic mass is 16.3. The van der Waals surface area contributed by atoms with Crippen molar-refractivity contribution in [1.82, 2.24) is 0 Å². The number of fused-ring (bicyclic) bond motifs is 5. The Morgan fingerprint density at radius 1 is 1.32 bits per heavy atom.